The van der Waals surface area contributed by atoms with E-state index in [9.17, 15) is 19.2 Å². The van der Waals surface area contributed by atoms with Crippen molar-refractivity contribution in [1.29, 1.82) is 0 Å². The molecule has 4 N–H and O–H groups in total. The standard InChI is InChI=1S/C13H18N2O4.C10H8N2O2.C3H8O2/c1-9-5-4-6-11(7-9)15-13(17)18-8-10(2)19-12(16)14-3;13-7-11-5-9-2-1-3-10(4-9)6-12-8-14;1-3(5)2-4/h4-7,10H,8H2,1-3H3,(H,14,16)(H,15,17);1-4H,5-6H2;3-5H,2H2,1H3. The van der Waals surface area contributed by atoms with E-state index in [-0.39, 0.29) is 13.2 Å². The lowest BCUT2D eigenvalue weighted by Crippen LogP contribution is -2.28. The molecule has 0 aromatic heterocycles. The molecule has 0 radical (unpaired) electrons. The zero-order valence-electron chi connectivity index (χ0n) is 21.8. The fraction of sp³-hybridized carbons (Fsp3) is 0.385. The Balaban J connectivity index is 0.000000631. The van der Waals surface area contributed by atoms with Gasteiger partial charge in [-0.3, -0.25) is 5.32 Å². The van der Waals surface area contributed by atoms with Gasteiger partial charge in [0.15, 0.2) is 0 Å². The van der Waals surface area contributed by atoms with E-state index in [1.54, 1.807) is 13.0 Å². The van der Waals surface area contributed by atoms with Crippen molar-refractivity contribution in [3.63, 3.8) is 0 Å². The molecule has 2 aromatic carbocycles. The van der Waals surface area contributed by atoms with E-state index in [0.29, 0.717) is 18.8 Å². The molecule has 38 heavy (non-hydrogen) atoms. The van der Waals surface area contributed by atoms with Crippen molar-refractivity contribution in [2.45, 2.75) is 46.1 Å². The monoisotopic (exact) mass is 530 g/mol. The Morgan fingerprint density at radius 2 is 1.53 bits per heavy atom. The van der Waals surface area contributed by atoms with Crippen LogP contribution in [-0.4, -0.2) is 67.0 Å². The lowest BCUT2D eigenvalue weighted by Gasteiger charge is -2.13. The largest absolute Gasteiger partial charge is 0.445 e. The number of carbonyl (C=O) groups is 2. The summed E-state index contributed by atoms with van der Waals surface area (Å²) in [7, 11) is 1.46. The highest BCUT2D eigenvalue weighted by Gasteiger charge is 2.11. The average Bonchev–Trinajstić information content (AvgIpc) is 2.90. The van der Waals surface area contributed by atoms with Crippen LogP contribution in [0, 0.1) is 6.92 Å². The van der Waals surface area contributed by atoms with Crippen LogP contribution < -0.4 is 10.6 Å². The van der Waals surface area contributed by atoms with Crippen LogP contribution in [0.2, 0.25) is 0 Å². The van der Waals surface area contributed by atoms with Gasteiger partial charge in [-0.1, -0.05) is 36.4 Å². The van der Waals surface area contributed by atoms with Gasteiger partial charge in [0.2, 0.25) is 12.2 Å². The summed E-state index contributed by atoms with van der Waals surface area (Å²) in [6.45, 7) is 5.56. The first-order valence-electron chi connectivity index (χ1n) is 11.5. The third-order valence-corrected chi connectivity index (χ3v) is 4.13. The van der Waals surface area contributed by atoms with Gasteiger partial charge in [-0.2, -0.15) is 0 Å². The maximum atomic E-state index is 11.5. The minimum absolute atomic E-state index is 0.00886. The maximum absolute atomic E-state index is 11.5. The van der Waals surface area contributed by atoms with Gasteiger partial charge in [0.1, 0.15) is 12.7 Å². The lowest BCUT2D eigenvalue weighted by molar-refractivity contribution is 0.0586. The number of benzene rings is 2. The molecule has 12 heteroatoms. The molecular formula is C26H34N4O8. The number of amides is 2. The highest BCUT2D eigenvalue weighted by Crippen LogP contribution is 2.10. The van der Waals surface area contributed by atoms with E-state index in [1.165, 1.54) is 26.1 Å². The fourth-order valence-electron chi connectivity index (χ4n) is 2.42. The smallest absolute Gasteiger partial charge is 0.411 e. The number of anilines is 1. The summed E-state index contributed by atoms with van der Waals surface area (Å²) in [5, 5.41) is 20.9. The number of alkyl carbamates (subject to hydrolysis) is 1. The fourth-order valence-corrected chi connectivity index (χ4v) is 2.42. The maximum Gasteiger partial charge on any atom is 0.411 e. The number of aryl methyl sites for hydroxylation is 1. The second-order valence-corrected chi connectivity index (χ2v) is 7.73. The molecule has 0 bridgehead atoms. The number of nitrogens with zero attached hydrogens (tertiary/aromatic N) is 2. The van der Waals surface area contributed by atoms with Crippen LogP contribution in [0.15, 0.2) is 58.5 Å². The van der Waals surface area contributed by atoms with Crippen LogP contribution in [0.3, 0.4) is 0 Å². The Labute approximate surface area is 221 Å². The Morgan fingerprint density at radius 3 is 2.00 bits per heavy atom. The number of aliphatic imine (C=N–C) groups is 2. The second-order valence-electron chi connectivity index (χ2n) is 7.73. The number of nitrogens with one attached hydrogen (secondary N) is 2. The number of hydrogen-bond donors (Lipinski definition) is 4. The number of aliphatic hydroxyl groups is 2. The minimum atomic E-state index is -0.585. The van der Waals surface area contributed by atoms with Crippen molar-refractivity contribution in [3.8, 4) is 0 Å². The Bertz CT molecular complexity index is 1050. The van der Waals surface area contributed by atoms with Crippen LogP contribution in [0.5, 0.6) is 0 Å². The number of ether oxygens (including phenoxy) is 2. The summed E-state index contributed by atoms with van der Waals surface area (Å²) in [6, 6.07) is 14.7. The molecule has 0 saturated heterocycles. The van der Waals surface area contributed by atoms with Crippen LogP contribution >= 0.6 is 0 Å². The van der Waals surface area contributed by atoms with Crippen LogP contribution in [0.4, 0.5) is 15.3 Å². The summed E-state index contributed by atoms with van der Waals surface area (Å²) in [6.07, 6.45) is 0.720. The molecule has 2 atom stereocenters. The third kappa shape index (κ3) is 18.0. The van der Waals surface area contributed by atoms with Crippen LogP contribution in [-0.2, 0) is 32.2 Å². The number of rotatable bonds is 9. The van der Waals surface area contributed by atoms with Crippen molar-refractivity contribution < 1.29 is 38.9 Å². The summed E-state index contributed by atoms with van der Waals surface area (Å²) < 4.78 is 9.80. The van der Waals surface area contributed by atoms with Crippen molar-refractivity contribution in [2.75, 3.05) is 25.6 Å². The zero-order chi connectivity index (χ0) is 28.8. The average molecular weight is 531 g/mol. The second kappa shape index (κ2) is 20.8. The molecule has 0 heterocycles. The molecule has 0 fully saturated rings. The first-order chi connectivity index (χ1) is 18.1. The molecule has 12 nitrogen and oxygen atoms in total. The molecule has 2 amide bonds. The highest BCUT2D eigenvalue weighted by molar-refractivity contribution is 5.84. The first-order valence-corrected chi connectivity index (χ1v) is 11.5. The molecular weight excluding hydrogens is 496 g/mol. The Morgan fingerprint density at radius 1 is 0.974 bits per heavy atom. The summed E-state index contributed by atoms with van der Waals surface area (Å²) in [5.41, 5.74) is 3.48. The molecule has 0 aliphatic heterocycles. The van der Waals surface area contributed by atoms with Gasteiger partial charge < -0.3 is 25.0 Å². The quantitative estimate of drug-likeness (QED) is 0.282. The summed E-state index contributed by atoms with van der Waals surface area (Å²) in [5.74, 6) is 0. The van der Waals surface area contributed by atoms with Gasteiger partial charge in [-0.05, 0) is 49.6 Å². The van der Waals surface area contributed by atoms with E-state index in [2.05, 4.69) is 20.6 Å². The number of isocyanates is 2. The van der Waals surface area contributed by atoms with Gasteiger partial charge in [0, 0.05) is 12.7 Å². The van der Waals surface area contributed by atoms with Gasteiger partial charge in [-0.25, -0.2) is 29.2 Å². The third-order valence-electron chi connectivity index (χ3n) is 4.13. The molecule has 2 unspecified atom stereocenters. The number of carbonyl (C=O) groups excluding carboxylic acids is 4. The van der Waals surface area contributed by atoms with Gasteiger partial charge in [0.25, 0.3) is 0 Å². The predicted octanol–water partition coefficient (Wildman–Crippen LogP) is 3.01. The Hall–Kier alpha value is -4.34. The zero-order valence-corrected chi connectivity index (χ0v) is 21.8. The minimum Gasteiger partial charge on any atom is -0.445 e. The van der Waals surface area contributed by atoms with E-state index in [1.807, 2.05) is 49.4 Å². The molecule has 206 valence electrons. The lowest BCUT2D eigenvalue weighted by atomic mass is 10.1. The van der Waals surface area contributed by atoms with Gasteiger partial charge >= 0.3 is 12.2 Å². The molecule has 0 aliphatic carbocycles. The van der Waals surface area contributed by atoms with Gasteiger partial charge in [-0.15, -0.1) is 0 Å². The Kier molecular flexibility index (Phi) is 18.4. The number of aliphatic hydroxyl groups excluding tert-OH is 2. The SMILES string of the molecule is CC(O)CO.CNC(=O)OC(C)COC(=O)Nc1cccc(C)c1.O=C=NCc1cccc(CN=C=O)c1. The normalized spacial score (nSPS) is 10.8. The van der Waals surface area contributed by atoms with Gasteiger partial charge in [0.05, 0.1) is 25.8 Å². The van der Waals surface area contributed by atoms with Crippen molar-refractivity contribution in [2.24, 2.45) is 9.98 Å². The van der Waals surface area contributed by atoms with E-state index < -0.39 is 24.4 Å². The predicted molar refractivity (Wildman–Crippen MR) is 140 cm³/mol. The van der Waals surface area contributed by atoms with Crippen LogP contribution in [0.1, 0.15) is 30.5 Å². The molecule has 2 rings (SSSR count). The topological polar surface area (TPSA) is 176 Å². The van der Waals surface area contributed by atoms with E-state index in [0.717, 1.165) is 16.7 Å². The van der Waals surface area contributed by atoms with Crippen LogP contribution in [0.25, 0.3) is 0 Å². The van der Waals surface area contributed by atoms with Crippen molar-refractivity contribution >= 4 is 30.0 Å². The summed E-state index contributed by atoms with van der Waals surface area (Å²) in [4.78, 5) is 49.0. The molecule has 0 spiro atoms. The van der Waals surface area contributed by atoms with Crippen molar-refractivity contribution in [1.82, 2.24) is 5.32 Å². The molecule has 2 aromatic rings. The first kappa shape index (κ1) is 33.7. The molecule has 0 aliphatic rings. The van der Waals surface area contributed by atoms with E-state index in [4.69, 9.17) is 19.7 Å². The highest BCUT2D eigenvalue weighted by atomic mass is 16.6. The summed E-state index contributed by atoms with van der Waals surface area (Å²) >= 11 is 0. The van der Waals surface area contributed by atoms with Crippen molar-refractivity contribution in [3.05, 3.63) is 65.2 Å². The number of hydrogen-bond acceptors (Lipinski definition) is 10. The molecule has 0 saturated carbocycles. The van der Waals surface area contributed by atoms with E-state index >= 15 is 0 Å².